The van der Waals surface area contributed by atoms with E-state index in [4.69, 9.17) is 9.84 Å². The Bertz CT molecular complexity index is 277. The van der Waals surface area contributed by atoms with Crippen LogP contribution in [0.1, 0.15) is 38.5 Å². The molecule has 0 aromatic carbocycles. The molecule has 0 saturated carbocycles. The van der Waals surface area contributed by atoms with Crippen molar-refractivity contribution in [2.24, 2.45) is 0 Å². The van der Waals surface area contributed by atoms with E-state index in [2.05, 4.69) is 15.7 Å². The minimum absolute atomic E-state index is 0.368. The van der Waals surface area contributed by atoms with Crippen LogP contribution in [0, 0.1) is 0 Å². The molecule has 0 bridgehead atoms. The third kappa shape index (κ3) is 12.9. The predicted molar refractivity (Wildman–Crippen MR) is 76.3 cm³/mol. The summed E-state index contributed by atoms with van der Waals surface area (Å²) in [7, 11) is 4.45. The lowest BCUT2D eigenvalue weighted by Gasteiger charge is -2.04. The van der Waals surface area contributed by atoms with Crippen LogP contribution in [0.2, 0.25) is 5.72 Å². The highest BCUT2D eigenvalue weighted by atomic mass is 16.5. The van der Waals surface area contributed by atoms with Crippen LogP contribution in [0.15, 0.2) is 12.2 Å². The first kappa shape index (κ1) is 16.8. The lowest BCUT2D eigenvalue weighted by atomic mass is 9.68. The number of carboxylic acids is 1. The number of hydrogen-bond donors (Lipinski definition) is 1. The van der Waals surface area contributed by atoms with E-state index in [-0.39, 0.29) is 0 Å². The van der Waals surface area contributed by atoms with Crippen LogP contribution in [0.25, 0.3) is 0 Å². The predicted octanol–water partition coefficient (Wildman–Crippen LogP) is 0.523. The first-order chi connectivity index (χ1) is 8.52. The van der Waals surface area contributed by atoms with Gasteiger partial charge < -0.3 is 9.84 Å². The molecular weight excluding hydrogens is 230 g/mol. The van der Waals surface area contributed by atoms with E-state index in [0.717, 1.165) is 37.1 Å². The average Bonchev–Trinajstić information content (AvgIpc) is 2.29. The maximum absolute atomic E-state index is 11.0. The number of carbonyl (C=O) groups excluding carboxylic acids is 1. The molecule has 0 atom stereocenters. The molecule has 0 aliphatic heterocycles. The van der Waals surface area contributed by atoms with Crippen molar-refractivity contribution >= 4 is 27.6 Å². The molecule has 0 aliphatic carbocycles. The van der Waals surface area contributed by atoms with Gasteiger partial charge >= 0.3 is 11.9 Å². The largest absolute Gasteiger partial charge is 0.478 e. The molecule has 0 aliphatic rings. The van der Waals surface area contributed by atoms with E-state index >= 15 is 0 Å². The molecule has 4 nitrogen and oxygen atoms in total. The van der Waals surface area contributed by atoms with Gasteiger partial charge in [-0.1, -0.05) is 37.8 Å². The Morgan fingerprint density at radius 3 is 2.28 bits per heavy atom. The number of unbranched alkanes of at least 4 members (excludes halogenated alkanes) is 4. The fourth-order valence-electron chi connectivity index (χ4n) is 1.55. The minimum Gasteiger partial charge on any atom is -0.478 e. The van der Waals surface area contributed by atoms with E-state index in [1.807, 2.05) is 0 Å². The molecule has 0 saturated heterocycles. The van der Waals surface area contributed by atoms with Crippen LogP contribution in [0.5, 0.6) is 0 Å². The van der Waals surface area contributed by atoms with Crippen molar-refractivity contribution in [2.45, 2.75) is 44.2 Å². The third-order valence-corrected chi connectivity index (χ3v) is 2.53. The van der Waals surface area contributed by atoms with Gasteiger partial charge in [0.25, 0.3) is 0 Å². The van der Waals surface area contributed by atoms with Crippen LogP contribution in [0.3, 0.4) is 0 Å². The summed E-state index contributed by atoms with van der Waals surface area (Å²) in [4.78, 5) is 21.1. The second-order valence-corrected chi connectivity index (χ2v) is 4.79. The van der Waals surface area contributed by atoms with E-state index in [0.29, 0.717) is 6.61 Å². The normalized spacial score (nSPS) is 10.9. The molecule has 0 aromatic heterocycles. The first-order valence-electron chi connectivity index (χ1n) is 6.60. The quantitative estimate of drug-likeness (QED) is 0.266. The van der Waals surface area contributed by atoms with Crippen LogP contribution < -0.4 is 0 Å². The zero-order valence-corrected chi connectivity index (χ0v) is 11.4. The Morgan fingerprint density at radius 1 is 1.06 bits per heavy atom. The molecule has 0 rings (SSSR count). The van der Waals surface area contributed by atoms with E-state index in [9.17, 15) is 9.59 Å². The molecule has 1 N–H and O–H groups in total. The van der Waals surface area contributed by atoms with E-state index < -0.39 is 11.9 Å². The molecule has 0 heterocycles. The van der Waals surface area contributed by atoms with Gasteiger partial charge in [0.1, 0.15) is 0 Å². The van der Waals surface area contributed by atoms with Crippen molar-refractivity contribution in [3.8, 4) is 0 Å². The van der Waals surface area contributed by atoms with Gasteiger partial charge in [-0.25, -0.2) is 9.59 Å². The summed E-state index contributed by atoms with van der Waals surface area (Å²) in [6.07, 6.45) is 8.54. The van der Waals surface area contributed by atoms with Gasteiger partial charge in [0.05, 0.1) is 22.3 Å². The summed E-state index contributed by atoms with van der Waals surface area (Å²) in [6.45, 7) is 0.368. The van der Waals surface area contributed by atoms with Gasteiger partial charge in [0, 0.05) is 12.2 Å². The third-order valence-electron chi connectivity index (χ3n) is 2.53. The maximum atomic E-state index is 11.0. The molecule has 0 amide bonds. The van der Waals surface area contributed by atoms with Gasteiger partial charge in [0.2, 0.25) is 0 Å². The van der Waals surface area contributed by atoms with Gasteiger partial charge in [-0.15, -0.1) is 0 Å². The minimum atomic E-state index is -1.14. The summed E-state index contributed by atoms with van der Waals surface area (Å²) in [5.41, 5.74) is 0.770. The molecule has 0 unspecified atom stereocenters. The second-order valence-electron chi connectivity index (χ2n) is 4.79. The number of carboxylic acid groups (broad SMARTS) is 1. The number of aliphatic carboxylic acids is 1. The van der Waals surface area contributed by atoms with Crippen molar-refractivity contribution in [1.29, 1.82) is 0 Å². The number of carbonyl (C=O) groups is 2. The van der Waals surface area contributed by atoms with Gasteiger partial charge in [-0.3, -0.25) is 0 Å². The molecule has 6 heteroatoms. The Kier molecular flexibility index (Phi) is 10.2. The summed E-state index contributed by atoms with van der Waals surface area (Å²) >= 11 is 0. The SMILES string of the molecule is BC(B)CCCCCCCOC(=O)/C=C\C(=O)O. The lowest BCUT2D eigenvalue weighted by Crippen LogP contribution is -2.03. The fraction of sp³-hybridized carbons (Fsp3) is 0.667. The van der Waals surface area contributed by atoms with E-state index in [1.54, 1.807) is 0 Å². The lowest BCUT2D eigenvalue weighted by molar-refractivity contribution is -0.138. The standard InChI is InChI=1S/C12H22B2O4/c13-10(14)6-4-2-1-3-5-9-18-12(17)8-7-11(15)16/h7-8,10H,1-6,9,13-14H2,(H,15,16)/b8-7-. The Hall–Kier alpha value is -1.19. The zero-order valence-electron chi connectivity index (χ0n) is 11.4. The number of esters is 1. The van der Waals surface area contributed by atoms with Crippen molar-refractivity contribution in [3.63, 3.8) is 0 Å². The Labute approximate surface area is 111 Å². The highest BCUT2D eigenvalue weighted by molar-refractivity contribution is 6.35. The van der Waals surface area contributed by atoms with Crippen molar-refractivity contribution in [1.82, 2.24) is 0 Å². The van der Waals surface area contributed by atoms with Crippen molar-refractivity contribution in [2.75, 3.05) is 6.61 Å². The van der Waals surface area contributed by atoms with Crippen LogP contribution >= 0.6 is 0 Å². The van der Waals surface area contributed by atoms with Crippen LogP contribution in [-0.4, -0.2) is 39.3 Å². The second kappa shape index (κ2) is 10.9. The smallest absolute Gasteiger partial charge is 0.331 e. The molecular formula is C12H22B2O4. The highest BCUT2D eigenvalue weighted by Gasteiger charge is 1.99. The number of hydrogen-bond acceptors (Lipinski definition) is 3. The topological polar surface area (TPSA) is 63.6 Å². The first-order valence-corrected chi connectivity index (χ1v) is 6.60. The van der Waals surface area contributed by atoms with Crippen molar-refractivity contribution < 1.29 is 19.4 Å². The summed E-state index contributed by atoms with van der Waals surface area (Å²) in [6, 6.07) is 0. The average molecular weight is 252 g/mol. The molecule has 0 radical (unpaired) electrons. The maximum Gasteiger partial charge on any atom is 0.331 e. The van der Waals surface area contributed by atoms with E-state index in [1.165, 1.54) is 19.3 Å². The summed E-state index contributed by atoms with van der Waals surface area (Å²) in [5.74, 6) is -1.73. The van der Waals surface area contributed by atoms with Gasteiger partial charge in [-0.05, 0) is 6.42 Å². The number of rotatable bonds is 10. The van der Waals surface area contributed by atoms with Crippen molar-refractivity contribution in [3.05, 3.63) is 12.2 Å². The molecule has 100 valence electrons. The summed E-state index contributed by atoms with van der Waals surface area (Å²) in [5, 5.41) is 8.30. The highest BCUT2D eigenvalue weighted by Crippen LogP contribution is 2.10. The van der Waals surface area contributed by atoms with Crippen LogP contribution in [0.4, 0.5) is 0 Å². The van der Waals surface area contributed by atoms with Gasteiger partial charge in [-0.2, -0.15) is 0 Å². The molecule has 18 heavy (non-hydrogen) atoms. The fourth-order valence-corrected chi connectivity index (χ4v) is 1.55. The Morgan fingerprint density at radius 2 is 1.67 bits per heavy atom. The molecule has 0 spiro atoms. The monoisotopic (exact) mass is 252 g/mol. The zero-order chi connectivity index (χ0) is 13.8. The van der Waals surface area contributed by atoms with Gasteiger partial charge in [0.15, 0.2) is 0 Å². The summed E-state index contributed by atoms with van der Waals surface area (Å²) < 4.78 is 4.85. The molecule has 0 fully saturated rings. The van der Waals surface area contributed by atoms with Crippen LogP contribution in [-0.2, 0) is 14.3 Å². The molecule has 0 aromatic rings. The Balaban J connectivity index is 3.30. The number of ether oxygens (including phenoxy) is 1.